The molecule has 3 rings (SSSR count). The normalized spacial score (nSPS) is 14.0. The Labute approximate surface area is 172 Å². The lowest BCUT2D eigenvalue weighted by Crippen LogP contribution is -2.55. The number of pyridine rings is 1. The molecule has 0 atom stereocenters. The van der Waals surface area contributed by atoms with E-state index in [9.17, 15) is 23.3 Å². The maximum atomic E-state index is 12.3. The second kappa shape index (κ2) is 8.11. The Morgan fingerprint density at radius 1 is 1.40 bits per heavy atom. The standard InChI is InChI=1S/C18H19N5O6S/c1-4-28-18(25)14-5-12(6-19)16(21-10(14)2)23-8-13(9-23)17(24)22-30(26,27)15-7-20-29-11(15)3/h5,7,13H,4,8-9H2,1-3H3,(H,22,24). The number of aromatic nitrogens is 2. The summed E-state index contributed by atoms with van der Waals surface area (Å²) in [4.78, 5) is 30.1. The van der Waals surface area contributed by atoms with Crippen molar-refractivity contribution in [1.82, 2.24) is 14.9 Å². The molecule has 1 fully saturated rings. The first-order valence-corrected chi connectivity index (χ1v) is 10.5. The van der Waals surface area contributed by atoms with E-state index in [1.54, 1.807) is 18.7 Å². The summed E-state index contributed by atoms with van der Waals surface area (Å²) < 4.78 is 36.2. The van der Waals surface area contributed by atoms with Gasteiger partial charge in [0.2, 0.25) is 5.91 Å². The molecule has 1 aliphatic rings. The van der Waals surface area contributed by atoms with Crippen molar-refractivity contribution >= 4 is 27.7 Å². The number of aryl methyl sites for hydroxylation is 2. The van der Waals surface area contributed by atoms with Crippen LogP contribution in [0, 0.1) is 31.1 Å². The van der Waals surface area contributed by atoms with Crippen molar-refractivity contribution in [2.24, 2.45) is 5.92 Å². The highest BCUT2D eigenvalue weighted by Gasteiger charge is 2.37. The molecule has 0 aliphatic carbocycles. The minimum atomic E-state index is -4.08. The van der Waals surface area contributed by atoms with Crippen molar-refractivity contribution in [3.63, 3.8) is 0 Å². The average Bonchev–Trinajstić information content (AvgIpc) is 3.07. The fraction of sp³-hybridized carbons (Fsp3) is 0.389. The van der Waals surface area contributed by atoms with E-state index in [4.69, 9.17) is 9.26 Å². The van der Waals surface area contributed by atoms with Crippen LogP contribution < -0.4 is 9.62 Å². The molecule has 0 saturated carbocycles. The number of carbonyl (C=O) groups is 2. The Kier molecular flexibility index (Phi) is 5.75. The van der Waals surface area contributed by atoms with Crippen LogP contribution in [-0.4, -0.2) is 50.1 Å². The first-order chi connectivity index (χ1) is 14.2. The summed E-state index contributed by atoms with van der Waals surface area (Å²) in [6.07, 6.45) is 1.02. The van der Waals surface area contributed by atoms with Gasteiger partial charge in [-0.2, -0.15) is 5.26 Å². The van der Waals surface area contributed by atoms with Crippen LogP contribution >= 0.6 is 0 Å². The topological polar surface area (TPSA) is 155 Å². The number of nitrogens with zero attached hydrogens (tertiary/aromatic N) is 4. The van der Waals surface area contributed by atoms with E-state index in [0.29, 0.717) is 11.5 Å². The van der Waals surface area contributed by atoms with Gasteiger partial charge in [0, 0.05) is 13.1 Å². The predicted octanol–water partition coefficient (Wildman–Crippen LogP) is 0.676. The third kappa shape index (κ3) is 3.97. The number of nitriles is 1. The molecule has 11 nitrogen and oxygen atoms in total. The van der Waals surface area contributed by atoms with Crippen molar-refractivity contribution in [2.75, 3.05) is 24.6 Å². The Morgan fingerprint density at radius 2 is 2.10 bits per heavy atom. The van der Waals surface area contributed by atoms with Gasteiger partial charge < -0.3 is 14.2 Å². The zero-order valence-corrected chi connectivity index (χ0v) is 17.3. The Bertz CT molecular complexity index is 1140. The number of nitrogens with one attached hydrogen (secondary N) is 1. The van der Waals surface area contributed by atoms with Gasteiger partial charge in [-0.1, -0.05) is 5.16 Å². The van der Waals surface area contributed by atoms with Crippen molar-refractivity contribution < 1.29 is 27.3 Å². The van der Waals surface area contributed by atoms with Gasteiger partial charge in [-0.15, -0.1) is 0 Å². The molecule has 1 N–H and O–H groups in total. The molecule has 1 saturated heterocycles. The van der Waals surface area contributed by atoms with Crippen LogP contribution in [0.4, 0.5) is 5.82 Å². The summed E-state index contributed by atoms with van der Waals surface area (Å²) >= 11 is 0. The van der Waals surface area contributed by atoms with E-state index in [1.807, 2.05) is 10.8 Å². The molecule has 0 aromatic carbocycles. The number of amides is 1. The van der Waals surface area contributed by atoms with Gasteiger partial charge in [-0.05, 0) is 26.8 Å². The van der Waals surface area contributed by atoms with Crippen LogP contribution in [0.15, 0.2) is 21.7 Å². The predicted molar refractivity (Wildman–Crippen MR) is 102 cm³/mol. The van der Waals surface area contributed by atoms with E-state index in [1.165, 1.54) is 13.0 Å². The van der Waals surface area contributed by atoms with E-state index >= 15 is 0 Å². The van der Waals surface area contributed by atoms with E-state index in [-0.39, 0.29) is 41.5 Å². The van der Waals surface area contributed by atoms with E-state index in [0.717, 1.165) is 6.20 Å². The van der Waals surface area contributed by atoms with E-state index < -0.39 is 27.8 Å². The van der Waals surface area contributed by atoms with E-state index in [2.05, 4.69) is 10.1 Å². The fourth-order valence-corrected chi connectivity index (χ4v) is 4.11. The third-order valence-corrected chi connectivity index (χ3v) is 6.03. The molecule has 30 heavy (non-hydrogen) atoms. The largest absolute Gasteiger partial charge is 0.462 e. The molecular weight excluding hydrogens is 414 g/mol. The highest BCUT2D eigenvalue weighted by Crippen LogP contribution is 2.28. The molecule has 1 amide bonds. The first kappa shape index (κ1) is 21.3. The van der Waals surface area contributed by atoms with Crippen LogP contribution in [0.1, 0.15) is 34.3 Å². The van der Waals surface area contributed by atoms with Gasteiger partial charge in [0.25, 0.3) is 10.0 Å². The zero-order valence-electron chi connectivity index (χ0n) is 16.5. The van der Waals surface area contributed by atoms with Crippen LogP contribution in [0.25, 0.3) is 0 Å². The van der Waals surface area contributed by atoms with Gasteiger partial charge >= 0.3 is 5.97 Å². The number of rotatable bonds is 6. The second-order valence-electron chi connectivity index (χ2n) is 6.64. The van der Waals surface area contributed by atoms with Gasteiger partial charge in [-0.3, -0.25) is 4.79 Å². The molecule has 2 aromatic rings. The number of hydrogen-bond donors (Lipinski definition) is 1. The van der Waals surface area contributed by atoms with Crippen molar-refractivity contribution in [3.8, 4) is 6.07 Å². The smallest absolute Gasteiger partial charge is 0.340 e. The van der Waals surface area contributed by atoms with Crippen molar-refractivity contribution in [3.05, 3.63) is 34.8 Å². The highest BCUT2D eigenvalue weighted by atomic mass is 32.2. The Balaban J connectivity index is 1.71. The summed E-state index contributed by atoms with van der Waals surface area (Å²) in [5.74, 6) is -1.46. The number of ether oxygens (including phenoxy) is 1. The maximum absolute atomic E-state index is 12.3. The monoisotopic (exact) mass is 433 g/mol. The number of sulfonamides is 1. The lowest BCUT2D eigenvalue weighted by Gasteiger charge is -2.39. The maximum Gasteiger partial charge on any atom is 0.340 e. The summed E-state index contributed by atoms with van der Waals surface area (Å²) in [5.41, 5.74) is 0.748. The molecular formula is C18H19N5O6S. The Hall–Kier alpha value is -3.46. The molecule has 0 spiro atoms. The molecule has 2 aromatic heterocycles. The minimum Gasteiger partial charge on any atom is -0.462 e. The number of esters is 1. The van der Waals surface area contributed by atoms with Crippen molar-refractivity contribution in [2.45, 2.75) is 25.7 Å². The van der Waals surface area contributed by atoms with Crippen molar-refractivity contribution in [1.29, 1.82) is 5.26 Å². The average molecular weight is 433 g/mol. The number of anilines is 1. The quantitative estimate of drug-likeness (QED) is 0.643. The summed E-state index contributed by atoms with van der Waals surface area (Å²) in [7, 11) is -4.08. The van der Waals surface area contributed by atoms with Gasteiger partial charge in [0.05, 0.1) is 35.5 Å². The molecule has 12 heteroatoms. The number of carbonyl (C=O) groups excluding carboxylic acids is 2. The molecule has 0 bridgehead atoms. The minimum absolute atomic E-state index is 0.0746. The van der Waals surface area contributed by atoms with Gasteiger partial charge in [0.15, 0.2) is 5.76 Å². The summed E-state index contributed by atoms with van der Waals surface area (Å²) in [5, 5.41) is 12.8. The third-order valence-electron chi connectivity index (χ3n) is 4.59. The Morgan fingerprint density at radius 3 is 2.67 bits per heavy atom. The van der Waals surface area contributed by atoms with Gasteiger partial charge in [0.1, 0.15) is 16.8 Å². The van der Waals surface area contributed by atoms with Crippen LogP contribution in [-0.2, 0) is 19.6 Å². The number of hydrogen-bond acceptors (Lipinski definition) is 10. The SMILES string of the molecule is CCOC(=O)c1cc(C#N)c(N2CC(C(=O)NS(=O)(=O)c3cnoc3C)C2)nc1C. The molecule has 0 unspecified atom stereocenters. The molecule has 1 aliphatic heterocycles. The zero-order chi connectivity index (χ0) is 22.1. The fourth-order valence-electron chi connectivity index (χ4n) is 2.97. The summed E-state index contributed by atoms with van der Waals surface area (Å²) in [6.45, 7) is 5.26. The lowest BCUT2D eigenvalue weighted by atomic mass is 9.98. The van der Waals surface area contributed by atoms with Crippen LogP contribution in [0.2, 0.25) is 0 Å². The summed E-state index contributed by atoms with van der Waals surface area (Å²) in [6, 6.07) is 3.40. The molecule has 0 radical (unpaired) electrons. The van der Waals surface area contributed by atoms with Crippen LogP contribution in [0.5, 0.6) is 0 Å². The van der Waals surface area contributed by atoms with Crippen LogP contribution in [0.3, 0.4) is 0 Å². The molecule has 3 heterocycles. The first-order valence-electron chi connectivity index (χ1n) is 8.99. The lowest BCUT2D eigenvalue weighted by molar-refractivity contribution is -0.123. The second-order valence-corrected chi connectivity index (χ2v) is 8.29. The molecule has 158 valence electrons. The van der Waals surface area contributed by atoms with Gasteiger partial charge in [-0.25, -0.2) is 22.9 Å². The highest BCUT2D eigenvalue weighted by molar-refractivity contribution is 7.90.